The SMILES string of the molecule is Cc1nn(C)c(C)c1CNC(=O)c1cn(CC2CCCO2)cc(C(=O)NC2CCCCCCC2)c1=O. The number of carbonyl (C=O) groups is 2. The lowest BCUT2D eigenvalue weighted by atomic mass is 9.96. The second-order valence-electron chi connectivity index (χ2n) is 10.2. The van der Waals surface area contributed by atoms with Gasteiger partial charge in [-0.25, -0.2) is 0 Å². The molecule has 1 aliphatic carbocycles. The number of nitrogens with zero attached hydrogens (tertiary/aromatic N) is 3. The Labute approximate surface area is 212 Å². The number of rotatable bonds is 7. The second-order valence-corrected chi connectivity index (χ2v) is 10.2. The fraction of sp³-hybridized carbons (Fsp3) is 0.630. The van der Waals surface area contributed by atoms with E-state index < -0.39 is 17.2 Å². The van der Waals surface area contributed by atoms with Gasteiger partial charge in [0.25, 0.3) is 11.8 Å². The number of hydrogen-bond acceptors (Lipinski definition) is 5. The van der Waals surface area contributed by atoms with Gasteiger partial charge in [-0.3, -0.25) is 19.1 Å². The first-order chi connectivity index (χ1) is 17.3. The lowest BCUT2D eigenvalue weighted by molar-refractivity contribution is 0.0914. The first-order valence-electron chi connectivity index (χ1n) is 13.3. The highest BCUT2D eigenvalue weighted by molar-refractivity contribution is 5.99. The molecule has 0 radical (unpaired) electrons. The quantitative estimate of drug-likeness (QED) is 0.611. The van der Waals surface area contributed by atoms with Crippen molar-refractivity contribution >= 4 is 11.8 Å². The molecule has 1 aliphatic heterocycles. The lowest BCUT2D eigenvalue weighted by Crippen LogP contribution is -2.40. The molecule has 9 heteroatoms. The summed E-state index contributed by atoms with van der Waals surface area (Å²) >= 11 is 0. The molecule has 196 valence electrons. The van der Waals surface area contributed by atoms with Crippen molar-refractivity contribution in [2.24, 2.45) is 7.05 Å². The molecule has 3 heterocycles. The fourth-order valence-electron chi connectivity index (χ4n) is 5.28. The smallest absolute Gasteiger partial charge is 0.257 e. The third-order valence-corrected chi connectivity index (χ3v) is 7.53. The third-order valence-electron chi connectivity index (χ3n) is 7.53. The molecule has 36 heavy (non-hydrogen) atoms. The topological polar surface area (TPSA) is 107 Å². The highest BCUT2D eigenvalue weighted by Crippen LogP contribution is 2.18. The van der Waals surface area contributed by atoms with Crippen molar-refractivity contribution in [3.05, 3.63) is 50.7 Å². The molecule has 1 atom stereocenters. The number of carbonyl (C=O) groups excluding carboxylic acids is 2. The third kappa shape index (κ3) is 6.24. The van der Waals surface area contributed by atoms with Crippen LogP contribution in [0.25, 0.3) is 0 Å². The minimum atomic E-state index is -0.543. The van der Waals surface area contributed by atoms with Crippen LogP contribution < -0.4 is 16.1 Å². The number of aryl methyl sites for hydroxylation is 2. The maximum Gasteiger partial charge on any atom is 0.257 e. The maximum atomic E-state index is 13.4. The molecule has 0 aromatic carbocycles. The van der Waals surface area contributed by atoms with Gasteiger partial charge in [0.1, 0.15) is 11.1 Å². The summed E-state index contributed by atoms with van der Waals surface area (Å²) in [7, 11) is 1.86. The van der Waals surface area contributed by atoms with E-state index in [0.29, 0.717) is 13.2 Å². The molecule has 0 spiro atoms. The summed E-state index contributed by atoms with van der Waals surface area (Å²) in [6.45, 7) is 5.29. The number of amides is 2. The van der Waals surface area contributed by atoms with Gasteiger partial charge in [0, 0.05) is 56.4 Å². The Kier molecular flexibility index (Phi) is 8.61. The number of ether oxygens (including phenoxy) is 1. The number of nitrogens with one attached hydrogen (secondary N) is 2. The van der Waals surface area contributed by atoms with E-state index in [1.165, 1.54) is 19.3 Å². The lowest BCUT2D eigenvalue weighted by Gasteiger charge is -2.21. The van der Waals surface area contributed by atoms with Gasteiger partial charge in [0.05, 0.1) is 11.8 Å². The highest BCUT2D eigenvalue weighted by Gasteiger charge is 2.24. The van der Waals surface area contributed by atoms with Crippen molar-refractivity contribution in [3.8, 4) is 0 Å². The Bertz CT molecular complexity index is 1140. The van der Waals surface area contributed by atoms with Crippen molar-refractivity contribution < 1.29 is 14.3 Å². The monoisotopic (exact) mass is 497 g/mol. The Morgan fingerprint density at radius 2 is 1.67 bits per heavy atom. The molecule has 2 aromatic rings. The number of hydrogen-bond donors (Lipinski definition) is 2. The molecule has 2 aliphatic rings. The van der Waals surface area contributed by atoms with Crippen molar-refractivity contribution in [1.29, 1.82) is 0 Å². The molecule has 9 nitrogen and oxygen atoms in total. The van der Waals surface area contributed by atoms with Crippen LogP contribution in [-0.2, 0) is 24.9 Å². The minimum Gasteiger partial charge on any atom is -0.376 e. The van der Waals surface area contributed by atoms with Crippen LogP contribution >= 0.6 is 0 Å². The van der Waals surface area contributed by atoms with Crippen LogP contribution in [-0.4, -0.2) is 44.9 Å². The first kappa shape index (κ1) is 26.1. The summed E-state index contributed by atoms with van der Waals surface area (Å²) in [5.41, 5.74) is 2.14. The highest BCUT2D eigenvalue weighted by atomic mass is 16.5. The molecule has 4 rings (SSSR count). The molecule has 2 fully saturated rings. The summed E-state index contributed by atoms with van der Waals surface area (Å²) < 4.78 is 9.29. The second kappa shape index (κ2) is 11.9. The van der Waals surface area contributed by atoms with E-state index in [0.717, 1.165) is 55.5 Å². The van der Waals surface area contributed by atoms with E-state index in [-0.39, 0.29) is 29.8 Å². The number of aromatic nitrogens is 3. The standard InChI is InChI=1S/C27H39N5O4/c1-18-22(19(2)31(3)30-18)14-28-26(34)23-16-32(15-21-12-9-13-36-21)17-24(25(23)33)27(35)29-20-10-7-5-4-6-8-11-20/h16-17,20-21H,4-15H2,1-3H3,(H,28,34)(H,29,35). The van der Waals surface area contributed by atoms with Crippen molar-refractivity contribution in [1.82, 2.24) is 25.0 Å². The van der Waals surface area contributed by atoms with Gasteiger partial charge in [-0.1, -0.05) is 32.1 Å². The van der Waals surface area contributed by atoms with Crippen LogP contribution in [0.1, 0.15) is 95.5 Å². The zero-order valence-corrected chi connectivity index (χ0v) is 21.8. The molecule has 2 aromatic heterocycles. The van der Waals surface area contributed by atoms with E-state index in [4.69, 9.17) is 4.74 Å². The van der Waals surface area contributed by atoms with E-state index in [9.17, 15) is 14.4 Å². The Hall–Kier alpha value is -2.94. The Morgan fingerprint density at radius 3 is 2.28 bits per heavy atom. The molecule has 2 amide bonds. The molecular formula is C27H39N5O4. The molecule has 0 bridgehead atoms. The zero-order valence-electron chi connectivity index (χ0n) is 21.8. The Morgan fingerprint density at radius 1 is 1.00 bits per heavy atom. The van der Waals surface area contributed by atoms with Crippen LogP contribution in [0.5, 0.6) is 0 Å². The minimum absolute atomic E-state index is 0.00521. The largest absolute Gasteiger partial charge is 0.376 e. The van der Waals surface area contributed by atoms with E-state index in [2.05, 4.69) is 15.7 Å². The van der Waals surface area contributed by atoms with Gasteiger partial charge in [-0.15, -0.1) is 0 Å². The van der Waals surface area contributed by atoms with Gasteiger partial charge in [-0.05, 0) is 39.5 Å². The summed E-state index contributed by atoms with van der Waals surface area (Å²) in [4.78, 5) is 39.8. The van der Waals surface area contributed by atoms with Crippen LogP contribution in [0.3, 0.4) is 0 Å². The average molecular weight is 498 g/mol. The molecule has 1 unspecified atom stereocenters. The van der Waals surface area contributed by atoms with Gasteiger partial charge in [0.2, 0.25) is 5.43 Å². The van der Waals surface area contributed by atoms with Crippen LogP contribution in [0.4, 0.5) is 0 Å². The predicted molar refractivity (Wildman–Crippen MR) is 137 cm³/mol. The first-order valence-corrected chi connectivity index (χ1v) is 13.3. The molecule has 1 saturated heterocycles. The number of pyridine rings is 1. The average Bonchev–Trinajstić information content (AvgIpc) is 3.42. The van der Waals surface area contributed by atoms with E-state index in [1.54, 1.807) is 21.6 Å². The molecule has 1 saturated carbocycles. The zero-order chi connectivity index (χ0) is 25.7. The molecule has 2 N–H and O–H groups in total. The van der Waals surface area contributed by atoms with Crippen LogP contribution in [0, 0.1) is 13.8 Å². The summed E-state index contributed by atoms with van der Waals surface area (Å²) in [5, 5.41) is 10.3. The van der Waals surface area contributed by atoms with Gasteiger partial charge in [-0.2, -0.15) is 5.10 Å². The summed E-state index contributed by atoms with van der Waals surface area (Å²) in [6, 6.07) is 0.0535. The van der Waals surface area contributed by atoms with Gasteiger partial charge < -0.3 is 19.9 Å². The van der Waals surface area contributed by atoms with Crippen molar-refractivity contribution in [2.75, 3.05) is 6.61 Å². The Balaban J connectivity index is 1.57. The normalized spacial score (nSPS) is 19.0. The van der Waals surface area contributed by atoms with Crippen LogP contribution in [0.2, 0.25) is 0 Å². The fourth-order valence-corrected chi connectivity index (χ4v) is 5.28. The van der Waals surface area contributed by atoms with Crippen LogP contribution in [0.15, 0.2) is 17.2 Å². The van der Waals surface area contributed by atoms with Gasteiger partial charge in [0.15, 0.2) is 0 Å². The van der Waals surface area contributed by atoms with Gasteiger partial charge >= 0.3 is 0 Å². The van der Waals surface area contributed by atoms with Crippen molar-refractivity contribution in [3.63, 3.8) is 0 Å². The summed E-state index contributed by atoms with van der Waals surface area (Å²) in [5.74, 6) is -0.899. The molecular weight excluding hydrogens is 458 g/mol. The maximum absolute atomic E-state index is 13.4. The van der Waals surface area contributed by atoms with Crippen molar-refractivity contribution in [2.45, 2.75) is 96.9 Å². The predicted octanol–water partition coefficient (Wildman–Crippen LogP) is 3.15. The summed E-state index contributed by atoms with van der Waals surface area (Å²) in [6.07, 6.45) is 12.6. The van der Waals surface area contributed by atoms with E-state index in [1.807, 2.05) is 20.9 Å². The van der Waals surface area contributed by atoms with E-state index >= 15 is 0 Å².